The molecule has 1 aromatic carbocycles. The molecule has 2 rings (SSSR count). The number of benzene rings is 1. The lowest BCUT2D eigenvalue weighted by Gasteiger charge is -2.11. The third-order valence-electron chi connectivity index (χ3n) is 2.52. The molecule has 0 radical (unpaired) electrons. The monoisotopic (exact) mass is 264 g/mol. The van der Waals surface area contributed by atoms with Crippen molar-refractivity contribution in [1.29, 1.82) is 0 Å². The molecule has 1 heterocycles. The van der Waals surface area contributed by atoms with E-state index >= 15 is 0 Å². The maximum atomic E-state index is 5.89. The molecular weight excluding hydrogens is 252 g/mol. The van der Waals surface area contributed by atoms with Crippen molar-refractivity contribution >= 4 is 17.4 Å². The first kappa shape index (κ1) is 12.6. The summed E-state index contributed by atoms with van der Waals surface area (Å²) in [6, 6.07) is 5.40. The number of nitrogen functional groups attached to an aromatic ring is 1. The molecule has 3 N–H and O–H groups in total. The second-order valence-electron chi connectivity index (χ2n) is 3.81. The minimum absolute atomic E-state index is 0.461. The quantitative estimate of drug-likeness (QED) is 0.659. The summed E-state index contributed by atoms with van der Waals surface area (Å²) in [5.41, 5.74) is 4.17. The number of nitrogens with zero attached hydrogens (tertiary/aromatic N) is 2. The van der Waals surface area contributed by atoms with Crippen LogP contribution in [-0.2, 0) is 0 Å². The molecule has 0 aliphatic heterocycles. The van der Waals surface area contributed by atoms with Crippen molar-refractivity contribution < 1.29 is 4.74 Å². The summed E-state index contributed by atoms with van der Waals surface area (Å²) in [4.78, 5) is 8.07. The molecule has 6 heteroatoms. The van der Waals surface area contributed by atoms with E-state index in [0.29, 0.717) is 22.5 Å². The Bertz CT molecular complexity index is 574. The van der Waals surface area contributed by atoms with Crippen LogP contribution in [0.1, 0.15) is 11.1 Å². The second kappa shape index (κ2) is 5.20. The summed E-state index contributed by atoms with van der Waals surface area (Å²) in [6.07, 6.45) is 1.39. The first-order chi connectivity index (χ1) is 8.61. The highest BCUT2D eigenvalue weighted by Gasteiger charge is 2.09. The topological polar surface area (TPSA) is 73.1 Å². The van der Waals surface area contributed by atoms with Gasteiger partial charge in [0.2, 0.25) is 5.88 Å². The molecule has 0 saturated heterocycles. The first-order valence-corrected chi connectivity index (χ1v) is 5.72. The smallest absolute Gasteiger partial charge is 0.227 e. The fourth-order valence-corrected chi connectivity index (χ4v) is 1.74. The van der Waals surface area contributed by atoms with E-state index < -0.39 is 0 Å². The summed E-state index contributed by atoms with van der Waals surface area (Å²) in [5, 5.41) is 0.670. The highest BCUT2D eigenvalue weighted by atomic mass is 35.5. The molecule has 94 valence electrons. The zero-order valence-corrected chi connectivity index (χ0v) is 10.8. The van der Waals surface area contributed by atoms with Crippen LogP contribution in [0.4, 0.5) is 5.82 Å². The average molecular weight is 265 g/mol. The van der Waals surface area contributed by atoms with Gasteiger partial charge in [0.05, 0.1) is 5.56 Å². The largest absolute Gasteiger partial charge is 0.438 e. The Morgan fingerprint density at radius 3 is 2.72 bits per heavy atom. The van der Waals surface area contributed by atoms with Crippen molar-refractivity contribution in [3.8, 4) is 11.6 Å². The maximum Gasteiger partial charge on any atom is 0.227 e. The summed E-state index contributed by atoms with van der Waals surface area (Å²) < 4.78 is 5.73. The van der Waals surface area contributed by atoms with Gasteiger partial charge in [-0.2, -0.15) is 0 Å². The number of nitrogens with two attached hydrogens (primary N) is 1. The molecule has 0 aliphatic rings. The number of hydrogen-bond acceptors (Lipinski definition) is 5. The van der Waals surface area contributed by atoms with E-state index in [2.05, 4.69) is 15.4 Å². The Morgan fingerprint density at radius 2 is 2.06 bits per heavy atom. The normalized spacial score (nSPS) is 10.2. The van der Waals surface area contributed by atoms with E-state index in [9.17, 15) is 0 Å². The summed E-state index contributed by atoms with van der Waals surface area (Å²) in [7, 11) is 0. The molecule has 18 heavy (non-hydrogen) atoms. The summed E-state index contributed by atoms with van der Waals surface area (Å²) in [5.74, 6) is 7.04. The number of nitrogens with one attached hydrogen (secondary N) is 1. The van der Waals surface area contributed by atoms with E-state index in [4.69, 9.17) is 22.2 Å². The predicted octanol–water partition coefficient (Wildman–Crippen LogP) is 2.82. The molecule has 0 saturated carbocycles. The fraction of sp³-hybridized carbons (Fsp3) is 0.167. The van der Waals surface area contributed by atoms with Crippen LogP contribution in [0.3, 0.4) is 0 Å². The first-order valence-electron chi connectivity index (χ1n) is 5.34. The highest BCUT2D eigenvalue weighted by Crippen LogP contribution is 2.29. The van der Waals surface area contributed by atoms with E-state index in [1.54, 1.807) is 12.1 Å². The zero-order valence-electron chi connectivity index (χ0n) is 10.1. The van der Waals surface area contributed by atoms with Crippen molar-refractivity contribution in [1.82, 2.24) is 9.97 Å². The van der Waals surface area contributed by atoms with Crippen molar-refractivity contribution in [3.63, 3.8) is 0 Å². The minimum atomic E-state index is 0.461. The minimum Gasteiger partial charge on any atom is -0.438 e. The van der Waals surface area contributed by atoms with Gasteiger partial charge in [-0.05, 0) is 37.6 Å². The van der Waals surface area contributed by atoms with Crippen molar-refractivity contribution in [2.24, 2.45) is 5.84 Å². The van der Waals surface area contributed by atoms with Gasteiger partial charge in [-0.25, -0.2) is 15.8 Å². The van der Waals surface area contributed by atoms with Crippen LogP contribution in [-0.4, -0.2) is 9.97 Å². The van der Waals surface area contributed by atoms with Crippen LogP contribution in [0.15, 0.2) is 24.5 Å². The average Bonchev–Trinajstić information content (AvgIpc) is 2.35. The third-order valence-corrected chi connectivity index (χ3v) is 2.75. The van der Waals surface area contributed by atoms with Crippen LogP contribution in [0.2, 0.25) is 5.02 Å². The Morgan fingerprint density at radius 1 is 1.28 bits per heavy atom. The number of aromatic nitrogens is 2. The molecule has 5 nitrogen and oxygen atoms in total. The maximum absolute atomic E-state index is 5.89. The number of halogens is 1. The molecule has 0 amide bonds. The van der Waals surface area contributed by atoms with Crippen LogP contribution in [0.25, 0.3) is 0 Å². The summed E-state index contributed by atoms with van der Waals surface area (Å²) >= 11 is 5.89. The molecule has 0 atom stereocenters. The van der Waals surface area contributed by atoms with E-state index in [0.717, 1.165) is 11.1 Å². The SMILES string of the molecule is Cc1cc(Cl)ccc1Oc1ncnc(NN)c1C. The van der Waals surface area contributed by atoms with Gasteiger partial charge in [-0.3, -0.25) is 0 Å². The van der Waals surface area contributed by atoms with Crippen LogP contribution in [0, 0.1) is 13.8 Å². The molecule has 0 aliphatic carbocycles. The van der Waals surface area contributed by atoms with Gasteiger partial charge >= 0.3 is 0 Å². The van der Waals surface area contributed by atoms with Crippen molar-refractivity contribution in [3.05, 3.63) is 40.7 Å². The highest BCUT2D eigenvalue weighted by molar-refractivity contribution is 6.30. The predicted molar refractivity (Wildman–Crippen MR) is 70.8 cm³/mol. The lowest BCUT2D eigenvalue weighted by molar-refractivity contribution is 0.454. The molecule has 0 fully saturated rings. The Balaban J connectivity index is 2.34. The number of hydrogen-bond donors (Lipinski definition) is 2. The Hall–Kier alpha value is -1.85. The van der Waals surface area contributed by atoms with Crippen molar-refractivity contribution in [2.75, 3.05) is 5.43 Å². The van der Waals surface area contributed by atoms with Gasteiger partial charge in [-0.15, -0.1) is 0 Å². The number of ether oxygens (including phenoxy) is 1. The molecule has 0 bridgehead atoms. The van der Waals surface area contributed by atoms with E-state index in [1.165, 1.54) is 6.33 Å². The summed E-state index contributed by atoms with van der Waals surface area (Å²) in [6.45, 7) is 3.75. The van der Waals surface area contributed by atoms with Crippen LogP contribution >= 0.6 is 11.6 Å². The number of rotatable bonds is 3. The Labute approximate surface area is 110 Å². The lowest BCUT2D eigenvalue weighted by Crippen LogP contribution is -2.11. The van der Waals surface area contributed by atoms with Gasteiger partial charge in [0.25, 0.3) is 0 Å². The number of anilines is 1. The second-order valence-corrected chi connectivity index (χ2v) is 4.25. The lowest BCUT2D eigenvalue weighted by atomic mass is 10.2. The van der Waals surface area contributed by atoms with Gasteiger partial charge in [0.15, 0.2) is 0 Å². The fourth-order valence-electron chi connectivity index (χ4n) is 1.51. The van der Waals surface area contributed by atoms with Gasteiger partial charge < -0.3 is 10.2 Å². The third kappa shape index (κ3) is 2.52. The molecule has 2 aromatic rings. The molecular formula is C12H13ClN4O. The van der Waals surface area contributed by atoms with Gasteiger partial charge in [-0.1, -0.05) is 11.6 Å². The zero-order chi connectivity index (χ0) is 13.1. The van der Waals surface area contributed by atoms with Gasteiger partial charge in [0.1, 0.15) is 17.9 Å². The van der Waals surface area contributed by atoms with Crippen molar-refractivity contribution in [2.45, 2.75) is 13.8 Å². The molecule has 1 aromatic heterocycles. The van der Waals surface area contributed by atoms with Gasteiger partial charge in [0, 0.05) is 5.02 Å². The molecule has 0 spiro atoms. The number of hydrazine groups is 1. The van der Waals surface area contributed by atoms with Crippen LogP contribution < -0.4 is 16.0 Å². The number of aryl methyl sites for hydroxylation is 1. The van der Waals surface area contributed by atoms with E-state index in [-0.39, 0.29) is 0 Å². The Kier molecular flexibility index (Phi) is 3.64. The van der Waals surface area contributed by atoms with Crippen LogP contribution in [0.5, 0.6) is 11.6 Å². The molecule has 0 unspecified atom stereocenters. The van der Waals surface area contributed by atoms with E-state index in [1.807, 2.05) is 19.9 Å². The standard InChI is InChI=1S/C12H13ClN4O/c1-7-5-9(13)3-4-10(7)18-12-8(2)11(17-14)15-6-16-12/h3-6H,14H2,1-2H3,(H,15,16,17).